The van der Waals surface area contributed by atoms with Crippen molar-refractivity contribution in [3.63, 3.8) is 0 Å². The number of aliphatic hydroxyl groups is 2. The number of benzene rings is 2. The lowest BCUT2D eigenvalue weighted by atomic mass is 9.94. The Labute approximate surface area is 180 Å². The first-order chi connectivity index (χ1) is 14.0. The quantitative estimate of drug-likeness (QED) is 0.674. The molecule has 0 radical (unpaired) electrons. The molecular formula is C22H27ClO5S. The lowest BCUT2D eigenvalue weighted by molar-refractivity contribution is -0.137. The molecule has 0 bridgehead atoms. The summed E-state index contributed by atoms with van der Waals surface area (Å²) in [6, 6.07) is 11.8. The summed E-state index contributed by atoms with van der Waals surface area (Å²) in [5.41, 5.74) is 2.39. The number of aliphatic hydroxyl groups excluding tert-OH is 2. The Morgan fingerprint density at radius 1 is 1.21 bits per heavy atom. The molecule has 1 aliphatic rings. The van der Waals surface area contributed by atoms with Crippen molar-refractivity contribution >= 4 is 23.4 Å². The van der Waals surface area contributed by atoms with Gasteiger partial charge in [0.1, 0.15) is 23.0 Å². The molecule has 0 amide bonds. The first kappa shape index (κ1) is 22.2. The summed E-state index contributed by atoms with van der Waals surface area (Å²) in [7, 11) is 1.58. The number of hydrogen-bond donors (Lipinski definition) is 2. The highest BCUT2D eigenvalue weighted by Crippen LogP contribution is 2.40. The van der Waals surface area contributed by atoms with Crippen molar-refractivity contribution in [1.82, 2.24) is 0 Å². The zero-order chi connectivity index (χ0) is 21.0. The SMILES string of the molecule is CCOc1ccc(Cc2cc(C3CC(O)[C@H](O)C(SC)O3)cc(OC)c2Cl)cc1. The zero-order valence-electron chi connectivity index (χ0n) is 16.8. The van der Waals surface area contributed by atoms with E-state index in [2.05, 4.69) is 0 Å². The maximum Gasteiger partial charge on any atom is 0.138 e. The van der Waals surface area contributed by atoms with E-state index in [9.17, 15) is 10.2 Å². The van der Waals surface area contributed by atoms with Gasteiger partial charge in [-0.25, -0.2) is 0 Å². The van der Waals surface area contributed by atoms with Gasteiger partial charge in [0.15, 0.2) is 0 Å². The molecule has 1 aliphatic heterocycles. The summed E-state index contributed by atoms with van der Waals surface area (Å²) in [6.07, 6.45) is 0.686. The fourth-order valence-corrected chi connectivity index (χ4v) is 4.44. The van der Waals surface area contributed by atoms with Crippen molar-refractivity contribution in [2.24, 2.45) is 0 Å². The fraction of sp³-hybridized carbons (Fsp3) is 0.455. The van der Waals surface area contributed by atoms with Crippen LogP contribution in [0.4, 0.5) is 0 Å². The standard InChI is InChI=1S/C22H27ClO5S/c1-4-27-16-7-5-13(6-8-16)9-15-10-14(11-19(26-2)20(15)23)18-12-17(24)21(25)22(28-18)29-3/h5-8,10-11,17-18,21-22,24-25H,4,9,12H2,1-3H3/t17?,18?,21-,22?/m0/s1. The van der Waals surface area contributed by atoms with Gasteiger partial charge in [-0.2, -0.15) is 0 Å². The lowest BCUT2D eigenvalue weighted by Crippen LogP contribution is -2.43. The summed E-state index contributed by atoms with van der Waals surface area (Å²) in [4.78, 5) is 0. The van der Waals surface area contributed by atoms with Crippen molar-refractivity contribution in [3.8, 4) is 11.5 Å². The smallest absolute Gasteiger partial charge is 0.138 e. The van der Waals surface area contributed by atoms with Crippen LogP contribution in [-0.2, 0) is 11.2 Å². The molecule has 0 spiro atoms. The molecule has 2 N–H and O–H groups in total. The molecule has 158 valence electrons. The average Bonchev–Trinajstić information content (AvgIpc) is 2.73. The Balaban J connectivity index is 1.88. The number of halogens is 1. The minimum absolute atomic E-state index is 0.311. The summed E-state index contributed by atoms with van der Waals surface area (Å²) < 4.78 is 17.0. The third-order valence-corrected chi connectivity index (χ3v) is 6.30. The van der Waals surface area contributed by atoms with Crippen molar-refractivity contribution in [1.29, 1.82) is 0 Å². The van der Waals surface area contributed by atoms with Crippen LogP contribution < -0.4 is 9.47 Å². The normalized spacial score (nSPS) is 24.3. The Hall–Kier alpha value is -1.44. The van der Waals surface area contributed by atoms with Gasteiger partial charge < -0.3 is 24.4 Å². The Morgan fingerprint density at radius 2 is 1.93 bits per heavy atom. The van der Waals surface area contributed by atoms with E-state index in [0.29, 0.717) is 30.2 Å². The number of methoxy groups -OCH3 is 1. The van der Waals surface area contributed by atoms with E-state index < -0.39 is 17.6 Å². The molecule has 0 saturated carbocycles. The second-order valence-corrected chi connectivity index (χ2v) is 8.29. The van der Waals surface area contributed by atoms with Crippen molar-refractivity contribution in [2.45, 2.75) is 43.5 Å². The predicted octanol–water partition coefficient (Wildman–Crippen LogP) is 4.21. The van der Waals surface area contributed by atoms with Crippen LogP contribution in [0.1, 0.15) is 36.1 Å². The third-order valence-electron chi connectivity index (χ3n) is 5.02. The van der Waals surface area contributed by atoms with Crippen molar-refractivity contribution < 1.29 is 24.4 Å². The lowest BCUT2D eigenvalue weighted by Gasteiger charge is -2.36. The van der Waals surface area contributed by atoms with E-state index in [0.717, 1.165) is 22.4 Å². The van der Waals surface area contributed by atoms with Gasteiger partial charge in [0.25, 0.3) is 0 Å². The van der Waals surface area contributed by atoms with E-state index in [4.69, 9.17) is 25.8 Å². The number of thioether (sulfide) groups is 1. The Bertz CT molecular complexity index is 814. The first-order valence-electron chi connectivity index (χ1n) is 9.59. The van der Waals surface area contributed by atoms with Gasteiger partial charge >= 0.3 is 0 Å². The van der Waals surface area contributed by atoms with Crippen LogP contribution in [0.15, 0.2) is 36.4 Å². The number of ether oxygens (including phenoxy) is 3. The monoisotopic (exact) mass is 438 g/mol. The molecule has 1 saturated heterocycles. The highest BCUT2D eigenvalue weighted by atomic mass is 35.5. The summed E-state index contributed by atoms with van der Waals surface area (Å²) in [5.74, 6) is 1.40. The summed E-state index contributed by atoms with van der Waals surface area (Å²) >= 11 is 7.95. The minimum Gasteiger partial charge on any atom is -0.495 e. The van der Waals surface area contributed by atoms with Crippen LogP contribution >= 0.6 is 23.4 Å². The largest absolute Gasteiger partial charge is 0.495 e. The fourth-order valence-electron chi connectivity index (χ4n) is 3.48. The van der Waals surface area contributed by atoms with Gasteiger partial charge in [0.05, 0.1) is 30.9 Å². The van der Waals surface area contributed by atoms with Crippen LogP contribution in [0.3, 0.4) is 0 Å². The molecule has 29 heavy (non-hydrogen) atoms. The summed E-state index contributed by atoms with van der Waals surface area (Å²) in [5, 5.41) is 20.9. The topological polar surface area (TPSA) is 68.2 Å². The number of rotatable bonds is 7. The molecule has 1 fully saturated rings. The molecule has 2 aromatic carbocycles. The molecule has 3 unspecified atom stereocenters. The van der Waals surface area contributed by atoms with E-state index in [-0.39, 0.29) is 6.10 Å². The van der Waals surface area contributed by atoms with Gasteiger partial charge in [-0.15, -0.1) is 11.8 Å². The molecule has 7 heteroatoms. The van der Waals surface area contributed by atoms with E-state index in [1.807, 2.05) is 49.6 Å². The maximum atomic E-state index is 10.3. The Kier molecular flexibility index (Phi) is 7.71. The third kappa shape index (κ3) is 5.19. The average molecular weight is 439 g/mol. The molecule has 4 atom stereocenters. The molecule has 1 heterocycles. The van der Waals surface area contributed by atoms with Crippen molar-refractivity contribution in [3.05, 3.63) is 58.1 Å². The predicted molar refractivity (Wildman–Crippen MR) is 116 cm³/mol. The maximum absolute atomic E-state index is 10.3. The van der Waals surface area contributed by atoms with Gasteiger partial charge in [0.2, 0.25) is 0 Å². The molecule has 0 aromatic heterocycles. The number of hydrogen-bond acceptors (Lipinski definition) is 6. The van der Waals surface area contributed by atoms with E-state index in [1.165, 1.54) is 11.8 Å². The van der Waals surface area contributed by atoms with Crippen LogP contribution in [0.2, 0.25) is 5.02 Å². The van der Waals surface area contributed by atoms with Crippen LogP contribution in [0.5, 0.6) is 11.5 Å². The molecule has 3 rings (SSSR count). The van der Waals surface area contributed by atoms with Crippen molar-refractivity contribution in [2.75, 3.05) is 20.0 Å². The van der Waals surface area contributed by atoms with Crippen LogP contribution in [0.25, 0.3) is 0 Å². The van der Waals surface area contributed by atoms with E-state index >= 15 is 0 Å². The second-order valence-electron chi connectivity index (χ2n) is 6.97. The minimum atomic E-state index is -0.904. The molecule has 5 nitrogen and oxygen atoms in total. The summed E-state index contributed by atoms with van der Waals surface area (Å²) in [6.45, 7) is 2.58. The van der Waals surface area contributed by atoms with Gasteiger partial charge in [-0.05, 0) is 54.5 Å². The first-order valence-corrected chi connectivity index (χ1v) is 11.3. The second kappa shape index (κ2) is 10.0. The van der Waals surface area contributed by atoms with Gasteiger partial charge in [-0.1, -0.05) is 29.8 Å². The highest BCUT2D eigenvalue weighted by molar-refractivity contribution is 7.99. The van der Waals surface area contributed by atoms with Crippen LogP contribution in [-0.4, -0.2) is 47.8 Å². The zero-order valence-corrected chi connectivity index (χ0v) is 18.4. The van der Waals surface area contributed by atoms with Gasteiger partial charge in [-0.3, -0.25) is 0 Å². The molecular weight excluding hydrogens is 412 g/mol. The van der Waals surface area contributed by atoms with Gasteiger partial charge in [0, 0.05) is 6.42 Å². The molecule has 0 aliphatic carbocycles. The van der Waals surface area contributed by atoms with Crippen LogP contribution in [0, 0.1) is 0 Å². The Morgan fingerprint density at radius 3 is 2.55 bits per heavy atom. The van der Waals surface area contributed by atoms with E-state index in [1.54, 1.807) is 7.11 Å². The highest BCUT2D eigenvalue weighted by Gasteiger charge is 2.37. The molecule has 2 aromatic rings.